The Hall–Kier alpha value is -2.57. The Morgan fingerprint density at radius 2 is 1.88 bits per heavy atom. The molecular weight excluding hydrogens is 338 g/mol. The van der Waals surface area contributed by atoms with E-state index >= 15 is 0 Å². The number of ether oxygens (including phenoxy) is 3. The molecule has 7 heteroatoms. The van der Waals surface area contributed by atoms with E-state index in [0.717, 1.165) is 0 Å². The molecule has 7 nitrogen and oxygen atoms in total. The molecule has 1 aromatic carbocycles. The predicted molar refractivity (Wildman–Crippen MR) is 94.2 cm³/mol. The zero-order chi connectivity index (χ0) is 19.3. The Bertz CT molecular complexity index is 679. The highest BCUT2D eigenvalue weighted by Crippen LogP contribution is 2.24. The lowest BCUT2D eigenvalue weighted by molar-refractivity contribution is -0.137. The molecule has 1 atom stereocenters. The van der Waals surface area contributed by atoms with Crippen LogP contribution in [0.1, 0.15) is 44.5 Å². The lowest BCUT2D eigenvalue weighted by Gasteiger charge is -2.24. The summed E-state index contributed by atoms with van der Waals surface area (Å²) in [5.41, 5.74) is -0.407. The first-order chi connectivity index (χ1) is 12.2. The van der Waals surface area contributed by atoms with Gasteiger partial charge in [-0.25, -0.2) is 9.59 Å². The Labute approximate surface area is 153 Å². The van der Waals surface area contributed by atoms with Crippen LogP contribution in [0.5, 0.6) is 5.75 Å². The summed E-state index contributed by atoms with van der Waals surface area (Å²) in [5, 5.41) is 0. The topological polar surface area (TPSA) is 82.1 Å². The van der Waals surface area contributed by atoms with Crippen LogP contribution in [0.4, 0.5) is 4.79 Å². The largest absolute Gasteiger partial charge is 0.488 e. The quantitative estimate of drug-likeness (QED) is 0.454. The van der Waals surface area contributed by atoms with Gasteiger partial charge in [0.15, 0.2) is 0 Å². The number of para-hydroxylation sites is 1. The molecule has 1 aromatic rings. The van der Waals surface area contributed by atoms with Gasteiger partial charge in [-0.3, -0.25) is 4.79 Å². The number of ketones is 1. The first-order valence-corrected chi connectivity index (χ1v) is 8.66. The number of likely N-dealkylation sites (tertiary alicyclic amines) is 1. The summed E-state index contributed by atoms with van der Waals surface area (Å²) in [7, 11) is 0. The van der Waals surface area contributed by atoms with Gasteiger partial charge in [-0.05, 0) is 39.8 Å². The van der Waals surface area contributed by atoms with Crippen molar-refractivity contribution in [2.45, 2.75) is 45.8 Å². The number of esters is 1. The van der Waals surface area contributed by atoms with E-state index in [4.69, 9.17) is 14.2 Å². The Kier molecular flexibility index (Phi) is 6.23. The van der Waals surface area contributed by atoms with Gasteiger partial charge >= 0.3 is 12.1 Å². The van der Waals surface area contributed by atoms with E-state index < -0.39 is 17.4 Å². The van der Waals surface area contributed by atoms with Crippen LogP contribution in [-0.4, -0.2) is 54.1 Å². The summed E-state index contributed by atoms with van der Waals surface area (Å²) in [6.45, 7) is 8.06. The fraction of sp³-hybridized carbons (Fsp3) is 0.526. The molecule has 0 bridgehead atoms. The Morgan fingerprint density at radius 3 is 2.54 bits per heavy atom. The van der Waals surface area contributed by atoms with Crippen molar-refractivity contribution < 1.29 is 28.6 Å². The van der Waals surface area contributed by atoms with Crippen LogP contribution in [0.15, 0.2) is 24.3 Å². The summed E-state index contributed by atoms with van der Waals surface area (Å²) >= 11 is 0. The average Bonchev–Trinajstić information content (AvgIpc) is 3.02. The number of hydrogen-bond acceptors (Lipinski definition) is 6. The highest BCUT2D eigenvalue weighted by Gasteiger charge is 2.32. The number of nitrogens with zero attached hydrogens (tertiary/aromatic N) is 1. The fourth-order valence-electron chi connectivity index (χ4n) is 2.56. The lowest BCUT2D eigenvalue weighted by atomic mass is 10.1. The molecule has 1 heterocycles. The molecule has 142 valence electrons. The van der Waals surface area contributed by atoms with Crippen LogP contribution in [0.25, 0.3) is 0 Å². The molecule has 1 fully saturated rings. The minimum atomic E-state index is -0.912. The molecule has 0 radical (unpaired) electrons. The van der Waals surface area contributed by atoms with E-state index in [2.05, 4.69) is 0 Å². The predicted octanol–water partition coefficient (Wildman–Crippen LogP) is 2.82. The zero-order valence-corrected chi connectivity index (χ0v) is 15.6. The first kappa shape index (κ1) is 19.8. The third kappa shape index (κ3) is 5.21. The summed E-state index contributed by atoms with van der Waals surface area (Å²) < 4.78 is 16.0. The summed E-state index contributed by atoms with van der Waals surface area (Å²) in [6, 6.07) is 6.52. The molecule has 0 aromatic heterocycles. The van der Waals surface area contributed by atoms with Crippen molar-refractivity contribution in [3.8, 4) is 5.75 Å². The van der Waals surface area contributed by atoms with Crippen LogP contribution in [0, 0.1) is 0 Å². The second kappa shape index (κ2) is 8.21. The normalized spacial score (nSPS) is 16.9. The monoisotopic (exact) mass is 363 g/mol. The maximum atomic E-state index is 12.2. The van der Waals surface area contributed by atoms with Crippen molar-refractivity contribution in [3.63, 3.8) is 0 Å². The number of Topliss-reactive ketones (excluding diaryl/α,β-unsaturated/α-hetero) is 1. The molecule has 0 saturated carbocycles. The van der Waals surface area contributed by atoms with Gasteiger partial charge in [-0.15, -0.1) is 0 Å². The number of carbonyl (C=O) groups is 3. The van der Waals surface area contributed by atoms with Crippen LogP contribution < -0.4 is 4.74 Å². The molecule has 2 rings (SSSR count). The molecular formula is C19H25NO6. The molecule has 1 aliphatic heterocycles. The van der Waals surface area contributed by atoms with Gasteiger partial charge < -0.3 is 19.1 Å². The van der Waals surface area contributed by atoms with E-state index in [9.17, 15) is 14.4 Å². The maximum Gasteiger partial charge on any atom is 0.410 e. The minimum Gasteiger partial charge on any atom is -0.488 e. The third-order valence-electron chi connectivity index (χ3n) is 3.68. The van der Waals surface area contributed by atoms with Crippen LogP contribution in [0.2, 0.25) is 0 Å². The highest BCUT2D eigenvalue weighted by atomic mass is 16.6. The van der Waals surface area contributed by atoms with Crippen molar-refractivity contribution in [3.05, 3.63) is 29.8 Å². The van der Waals surface area contributed by atoms with Crippen molar-refractivity contribution in [2.75, 3.05) is 19.7 Å². The van der Waals surface area contributed by atoms with Gasteiger partial charge in [0.2, 0.25) is 0 Å². The van der Waals surface area contributed by atoms with Crippen LogP contribution in [0.3, 0.4) is 0 Å². The van der Waals surface area contributed by atoms with E-state index in [1.807, 2.05) is 20.8 Å². The van der Waals surface area contributed by atoms with E-state index in [1.165, 1.54) is 6.07 Å². The molecule has 0 aliphatic carbocycles. The minimum absolute atomic E-state index is 0.126. The van der Waals surface area contributed by atoms with Crippen molar-refractivity contribution in [1.29, 1.82) is 0 Å². The third-order valence-corrected chi connectivity index (χ3v) is 3.68. The van der Waals surface area contributed by atoms with E-state index in [-0.39, 0.29) is 24.4 Å². The average molecular weight is 363 g/mol. The fourth-order valence-corrected chi connectivity index (χ4v) is 2.56. The van der Waals surface area contributed by atoms with Crippen LogP contribution in [-0.2, 0) is 14.3 Å². The maximum absolute atomic E-state index is 12.2. The first-order valence-electron chi connectivity index (χ1n) is 8.66. The second-order valence-electron chi connectivity index (χ2n) is 7.00. The Balaban J connectivity index is 2.03. The zero-order valence-electron chi connectivity index (χ0n) is 15.6. The highest BCUT2D eigenvalue weighted by molar-refractivity contribution is 6.41. The van der Waals surface area contributed by atoms with Gasteiger partial charge in [0.25, 0.3) is 5.78 Å². The van der Waals surface area contributed by atoms with Gasteiger partial charge in [-0.1, -0.05) is 12.1 Å². The summed E-state index contributed by atoms with van der Waals surface area (Å²) in [4.78, 5) is 37.6. The number of carbonyl (C=O) groups excluding carboxylic acids is 3. The molecule has 0 N–H and O–H groups in total. The SMILES string of the molecule is CCOC(=O)C(=O)c1ccccc1O[C@H]1CCN(C(=O)OC(C)(C)C)C1. The second-order valence-corrected chi connectivity index (χ2v) is 7.00. The standard InChI is InChI=1S/C19H25NO6/c1-5-24-17(22)16(21)14-8-6-7-9-15(14)25-13-10-11-20(12-13)18(23)26-19(2,3)4/h6-9,13H,5,10-12H2,1-4H3/t13-/m0/s1. The van der Waals surface area contributed by atoms with Gasteiger partial charge in [0, 0.05) is 13.0 Å². The lowest BCUT2D eigenvalue weighted by Crippen LogP contribution is -2.36. The van der Waals surface area contributed by atoms with Crippen molar-refractivity contribution in [1.82, 2.24) is 4.90 Å². The summed E-state index contributed by atoms with van der Waals surface area (Å²) in [6.07, 6.45) is -0.0561. The number of hydrogen-bond donors (Lipinski definition) is 0. The van der Waals surface area contributed by atoms with Crippen molar-refractivity contribution >= 4 is 17.8 Å². The molecule has 0 unspecified atom stereocenters. The van der Waals surface area contributed by atoms with Gasteiger partial charge in [0.05, 0.1) is 18.7 Å². The van der Waals surface area contributed by atoms with Crippen LogP contribution >= 0.6 is 0 Å². The molecule has 1 saturated heterocycles. The van der Waals surface area contributed by atoms with E-state index in [1.54, 1.807) is 30.0 Å². The molecule has 0 spiro atoms. The molecule has 1 aliphatic rings. The number of benzene rings is 1. The van der Waals surface area contributed by atoms with Gasteiger partial charge in [0.1, 0.15) is 17.5 Å². The smallest absolute Gasteiger partial charge is 0.410 e. The number of amides is 1. The molecule has 1 amide bonds. The van der Waals surface area contributed by atoms with Gasteiger partial charge in [-0.2, -0.15) is 0 Å². The van der Waals surface area contributed by atoms with Crippen molar-refractivity contribution in [2.24, 2.45) is 0 Å². The number of rotatable bonds is 5. The summed E-state index contributed by atoms with van der Waals surface area (Å²) in [5.74, 6) is -1.35. The molecule has 26 heavy (non-hydrogen) atoms. The van der Waals surface area contributed by atoms with E-state index in [0.29, 0.717) is 25.3 Å². The Morgan fingerprint density at radius 1 is 1.19 bits per heavy atom.